The molecule has 0 spiro atoms. The number of benzene rings is 2. The van der Waals surface area contributed by atoms with Crippen LogP contribution in [-0.2, 0) is 11.2 Å². The lowest BCUT2D eigenvalue weighted by atomic mass is 10.0. The van der Waals surface area contributed by atoms with Crippen molar-refractivity contribution in [2.24, 2.45) is 0 Å². The summed E-state index contributed by atoms with van der Waals surface area (Å²) in [5.41, 5.74) is 4.08. The highest BCUT2D eigenvalue weighted by Crippen LogP contribution is 2.26. The average Bonchev–Trinajstić information content (AvgIpc) is 2.93. The minimum Gasteiger partial charge on any atom is -0.331 e. The van der Waals surface area contributed by atoms with Gasteiger partial charge in [0.15, 0.2) is 0 Å². The first-order chi connectivity index (χ1) is 11.5. The summed E-state index contributed by atoms with van der Waals surface area (Å²) in [5.74, 6) is 2.52. The van der Waals surface area contributed by atoms with E-state index in [0.29, 0.717) is 17.7 Å². The molecule has 0 aromatic heterocycles. The fraction of sp³-hybridized carbons (Fsp3) is 0.158. The first-order valence-electron chi connectivity index (χ1n) is 7.62. The Morgan fingerprint density at radius 1 is 1.29 bits per heavy atom. The smallest absolute Gasteiger partial charge is 0.319 e. The van der Waals surface area contributed by atoms with Crippen LogP contribution in [0.15, 0.2) is 42.5 Å². The molecule has 1 unspecified atom stereocenters. The third kappa shape index (κ3) is 3.39. The van der Waals surface area contributed by atoms with Crippen molar-refractivity contribution in [3.63, 3.8) is 0 Å². The predicted molar refractivity (Wildman–Crippen MR) is 93.7 cm³/mol. The van der Waals surface area contributed by atoms with Crippen LogP contribution < -0.4 is 16.0 Å². The molecule has 1 atom stereocenters. The van der Waals surface area contributed by atoms with Crippen LogP contribution in [0.25, 0.3) is 0 Å². The molecular weight excluding hydrogens is 302 g/mol. The summed E-state index contributed by atoms with van der Waals surface area (Å²) in [6.07, 6.45) is 5.73. The third-order valence-corrected chi connectivity index (χ3v) is 3.89. The molecule has 3 amide bonds. The molecule has 5 heteroatoms. The third-order valence-electron chi connectivity index (χ3n) is 3.89. The van der Waals surface area contributed by atoms with Gasteiger partial charge in [-0.3, -0.25) is 4.79 Å². The number of anilines is 2. The van der Waals surface area contributed by atoms with E-state index in [1.54, 1.807) is 24.3 Å². The highest BCUT2D eigenvalue weighted by Gasteiger charge is 2.19. The summed E-state index contributed by atoms with van der Waals surface area (Å²) < 4.78 is 0. The maximum Gasteiger partial charge on any atom is 0.319 e. The second-order valence-corrected chi connectivity index (χ2v) is 5.69. The van der Waals surface area contributed by atoms with E-state index in [1.807, 2.05) is 25.1 Å². The van der Waals surface area contributed by atoms with Crippen LogP contribution in [0.4, 0.5) is 16.2 Å². The van der Waals surface area contributed by atoms with Crippen molar-refractivity contribution in [2.75, 3.05) is 10.6 Å². The van der Waals surface area contributed by atoms with Crippen molar-refractivity contribution >= 4 is 23.3 Å². The maximum absolute atomic E-state index is 12.1. The van der Waals surface area contributed by atoms with Gasteiger partial charge in [-0.15, -0.1) is 6.42 Å². The van der Waals surface area contributed by atoms with E-state index in [0.717, 1.165) is 16.8 Å². The number of amides is 3. The Hall–Kier alpha value is -3.26. The summed E-state index contributed by atoms with van der Waals surface area (Å²) in [7, 11) is 0. The number of rotatable bonds is 3. The molecule has 1 aliphatic rings. The van der Waals surface area contributed by atoms with E-state index < -0.39 is 0 Å². The van der Waals surface area contributed by atoms with Crippen molar-refractivity contribution in [3.05, 3.63) is 59.2 Å². The van der Waals surface area contributed by atoms with E-state index in [9.17, 15) is 9.59 Å². The van der Waals surface area contributed by atoms with Crippen molar-refractivity contribution < 1.29 is 9.59 Å². The van der Waals surface area contributed by atoms with Crippen LogP contribution in [0.1, 0.15) is 29.7 Å². The molecule has 120 valence electrons. The Balaban J connectivity index is 1.65. The Bertz CT molecular complexity index is 852. The van der Waals surface area contributed by atoms with Gasteiger partial charge in [-0.25, -0.2) is 4.79 Å². The monoisotopic (exact) mass is 319 g/mol. The lowest BCUT2D eigenvalue weighted by Crippen LogP contribution is -2.31. The summed E-state index contributed by atoms with van der Waals surface area (Å²) in [6.45, 7) is 1.89. The molecule has 3 rings (SSSR count). The van der Waals surface area contributed by atoms with Gasteiger partial charge in [0.05, 0.1) is 12.5 Å². The molecule has 0 fully saturated rings. The number of carbonyl (C=O) groups is 2. The lowest BCUT2D eigenvalue weighted by molar-refractivity contribution is -0.115. The average molecular weight is 319 g/mol. The normalized spacial score (nSPS) is 13.4. The quantitative estimate of drug-likeness (QED) is 0.761. The standard InChI is InChI=1S/C19H17N3O2/c1-3-13-5-4-6-16(9-13)21-19(24)20-12(2)14-7-8-17-15(10-14)11-18(23)22-17/h1,4-10,12H,11H2,2H3,(H,22,23)(H2,20,21,24). The first-order valence-corrected chi connectivity index (χ1v) is 7.62. The topological polar surface area (TPSA) is 70.2 Å². The van der Waals surface area contributed by atoms with Gasteiger partial charge in [0.25, 0.3) is 0 Å². The summed E-state index contributed by atoms with van der Waals surface area (Å²) in [6, 6.07) is 12.3. The summed E-state index contributed by atoms with van der Waals surface area (Å²) in [4.78, 5) is 23.6. The van der Waals surface area contributed by atoms with E-state index in [4.69, 9.17) is 6.42 Å². The SMILES string of the molecule is C#Cc1cccc(NC(=O)NC(C)c2ccc3c(c2)CC(=O)N3)c1. The van der Waals surface area contributed by atoms with Gasteiger partial charge in [0.2, 0.25) is 5.91 Å². The zero-order chi connectivity index (χ0) is 17.1. The first kappa shape index (κ1) is 15.6. The van der Waals surface area contributed by atoms with Crippen LogP contribution in [0.3, 0.4) is 0 Å². The van der Waals surface area contributed by atoms with E-state index in [1.165, 1.54) is 0 Å². The van der Waals surface area contributed by atoms with Gasteiger partial charge < -0.3 is 16.0 Å². The minimum absolute atomic E-state index is 0.00565. The number of terminal acetylenes is 1. The molecule has 1 heterocycles. The van der Waals surface area contributed by atoms with Gasteiger partial charge in [-0.1, -0.05) is 24.1 Å². The van der Waals surface area contributed by atoms with Crippen LogP contribution >= 0.6 is 0 Å². The summed E-state index contributed by atoms with van der Waals surface area (Å²) >= 11 is 0. The number of urea groups is 1. The van der Waals surface area contributed by atoms with Crippen LogP contribution in [0.2, 0.25) is 0 Å². The number of hydrogen-bond acceptors (Lipinski definition) is 2. The minimum atomic E-state index is -0.314. The molecule has 2 aromatic rings. The molecule has 1 aliphatic heterocycles. The Morgan fingerprint density at radius 3 is 2.92 bits per heavy atom. The number of nitrogens with one attached hydrogen (secondary N) is 3. The van der Waals surface area contributed by atoms with E-state index >= 15 is 0 Å². The van der Waals surface area contributed by atoms with Gasteiger partial charge >= 0.3 is 6.03 Å². The predicted octanol–water partition coefficient (Wildman–Crippen LogP) is 3.05. The Labute approximate surface area is 140 Å². The van der Waals surface area contributed by atoms with Crippen molar-refractivity contribution in [1.29, 1.82) is 0 Å². The second-order valence-electron chi connectivity index (χ2n) is 5.69. The molecule has 0 aliphatic carbocycles. The van der Waals surface area contributed by atoms with E-state index in [-0.39, 0.29) is 18.0 Å². The largest absolute Gasteiger partial charge is 0.331 e. The molecule has 3 N–H and O–H groups in total. The van der Waals surface area contributed by atoms with Crippen LogP contribution in [0.5, 0.6) is 0 Å². The fourth-order valence-corrected chi connectivity index (χ4v) is 2.65. The molecule has 0 saturated carbocycles. The van der Waals surface area contributed by atoms with Gasteiger partial charge in [0, 0.05) is 16.9 Å². The highest BCUT2D eigenvalue weighted by atomic mass is 16.2. The molecule has 2 aromatic carbocycles. The Morgan fingerprint density at radius 2 is 2.12 bits per heavy atom. The maximum atomic E-state index is 12.1. The number of carbonyl (C=O) groups excluding carboxylic acids is 2. The molecule has 24 heavy (non-hydrogen) atoms. The second kappa shape index (κ2) is 6.47. The van der Waals surface area contributed by atoms with Gasteiger partial charge in [-0.05, 0) is 42.3 Å². The molecule has 5 nitrogen and oxygen atoms in total. The molecular formula is C19H17N3O2. The molecule has 0 bridgehead atoms. The van der Waals surface area contributed by atoms with E-state index in [2.05, 4.69) is 21.9 Å². The van der Waals surface area contributed by atoms with Crippen molar-refractivity contribution in [2.45, 2.75) is 19.4 Å². The van der Waals surface area contributed by atoms with Gasteiger partial charge in [-0.2, -0.15) is 0 Å². The number of fused-ring (bicyclic) bond motifs is 1. The number of hydrogen-bond donors (Lipinski definition) is 3. The van der Waals surface area contributed by atoms with Crippen molar-refractivity contribution in [3.8, 4) is 12.3 Å². The van der Waals surface area contributed by atoms with Crippen molar-refractivity contribution in [1.82, 2.24) is 5.32 Å². The zero-order valence-corrected chi connectivity index (χ0v) is 13.2. The zero-order valence-electron chi connectivity index (χ0n) is 13.2. The fourth-order valence-electron chi connectivity index (χ4n) is 2.65. The van der Waals surface area contributed by atoms with Gasteiger partial charge in [0.1, 0.15) is 0 Å². The van der Waals surface area contributed by atoms with Crippen LogP contribution in [0, 0.1) is 12.3 Å². The lowest BCUT2D eigenvalue weighted by Gasteiger charge is -2.16. The molecule has 0 radical (unpaired) electrons. The highest BCUT2D eigenvalue weighted by molar-refractivity contribution is 5.99. The summed E-state index contributed by atoms with van der Waals surface area (Å²) in [5, 5.41) is 8.44. The Kier molecular flexibility index (Phi) is 4.21. The van der Waals surface area contributed by atoms with Crippen LogP contribution in [-0.4, -0.2) is 11.9 Å². The molecule has 0 saturated heterocycles.